The number of hydrogen-bond donors (Lipinski definition) is 2. The number of ether oxygens (including phenoxy) is 1. The lowest BCUT2D eigenvalue weighted by molar-refractivity contribution is -0.131. The van der Waals surface area contributed by atoms with Gasteiger partial charge in [0.25, 0.3) is 0 Å². The van der Waals surface area contributed by atoms with E-state index in [4.69, 9.17) is 9.84 Å². The van der Waals surface area contributed by atoms with Gasteiger partial charge in [-0.3, -0.25) is 0 Å². The van der Waals surface area contributed by atoms with Crippen molar-refractivity contribution in [3.63, 3.8) is 0 Å². The van der Waals surface area contributed by atoms with Crippen molar-refractivity contribution in [2.24, 2.45) is 0 Å². The number of carboxylic acids is 1. The molecule has 2 aromatic carbocycles. The second kappa shape index (κ2) is 7.94. The van der Waals surface area contributed by atoms with Gasteiger partial charge in [-0.2, -0.15) is 0 Å². The fourth-order valence-electron chi connectivity index (χ4n) is 2.38. The van der Waals surface area contributed by atoms with E-state index in [1.807, 2.05) is 30.3 Å². The Balaban J connectivity index is 1.73. The molecule has 0 fully saturated rings. The van der Waals surface area contributed by atoms with Gasteiger partial charge in [-0.05, 0) is 17.2 Å². The van der Waals surface area contributed by atoms with Crippen LogP contribution in [0.15, 0.2) is 67.0 Å². The van der Waals surface area contributed by atoms with Crippen LogP contribution in [0, 0.1) is 0 Å². The van der Waals surface area contributed by atoms with E-state index in [2.05, 4.69) is 9.97 Å². The van der Waals surface area contributed by atoms with Crippen LogP contribution >= 0.6 is 0 Å². The third-order valence-corrected chi connectivity index (χ3v) is 3.66. The van der Waals surface area contributed by atoms with E-state index in [-0.39, 0.29) is 12.3 Å². The van der Waals surface area contributed by atoms with E-state index in [1.165, 1.54) is 12.4 Å². The van der Waals surface area contributed by atoms with Crippen LogP contribution < -0.4 is 0 Å². The van der Waals surface area contributed by atoms with Gasteiger partial charge in [0.2, 0.25) is 0 Å². The van der Waals surface area contributed by atoms with Crippen molar-refractivity contribution < 1.29 is 19.4 Å². The molecule has 0 amide bonds. The largest absolute Gasteiger partial charge is 0.478 e. The highest BCUT2D eigenvalue weighted by Gasteiger charge is 2.17. The number of aliphatic carboxylic acids is 1. The van der Waals surface area contributed by atoms with Crippen LogP contribution in [0.2, 0.25) is 0 Å². The number of aromatic nitrogens is 2. The number of rotatable bonds is 6. The minimum absolute atomic E-state index is 0.178. The topological polar surface area (TPSA) is 92.3 Å². The number of imidazole rings is 1. The lowest BCUT2D eigenvalue weighted by atomic mass is 10.1. The molecule has 130 valence electrons. The number of nitrogens with one attached hydrogen (secondary N) is 1. The number of carbonyl (C=O) groups excluding carboxylic acids is 1. The van der Waals surface area contributed by atoms with Crippen LogP contribution in [0.25, 0.3) is 17.3 Å². The summed E-state index contributed by atoms with van der Waals surface area (Å²) in [4.78, 5) is 29.9. The highest BCUT2D eigenvalue weighted by Crippen LogP contribution is 2.22. The standard InChI is InChI=1S/C20H16N2O4/c23-17(24)11-8-14-6-9-16(10-7-14)18-19(22-13-21-18)20(25)26-12-15-4-2-1-3-5-15/h1-11,13H,12H2,(H,21,22)(H,23,24)/b11-8+. The lowest BCUT2D eigenvalue weighted by Gasteiger charge is -2.06. The number of hydrogen-bond acceptors (Lipinski definition) is 4. The van der Waals surface area contributed by atoms with Crippen LogP contribution in [0.1, 0.15) is 21.6 Å². The van der Waals surface area contributed by atoms with Crippen LogP contribution in [-0.4, -0.2) is 27.0 Å². The molecular weight excluding hydrogens is 332 g/mol. The van der Waals surface area contributed by atoms with Crippen molar-refractivity contribution in [2.45, 2.75) is 6.61 Å². The van der Waals surface area contributed by atoms with E-state index >= 15 is 0 Å². The summed E-state index contributed by atoms with van der Waals surface area (Å²) >= 11 is 0. The molecule has 0 saturated heterocycles. The smallest absolute Gasteiger partial charge is 0.357 e. The molecule has 0 radical (unpaired) electrons. The lowest BCUT2D eigenvalue weighted by Crippen LogP contribution is -2.07. The predicted molar refractivity (Wildman–Crippen MR) is 96.3 cm³/mol. The summed E-state index contributed by atoms with van der Waals surface area (Å²) in [6.07, 6.45) is 3.99. The Bertz CT molecular complexity index is 928. The number of aromatic amines is 1. The zero-order valence-corrected chi connectivity index (χ0v) is 13.8. The molecule has 26 heavy (non-hydrogen) atoms. The summed E-state index contributed by atoms with van der Waals surface area (Å²) in [5, 5.41) is 8.66. The third-order valence-electron chi connectivity index (χ3n) is 3.66. The number of H-pyrrole nitrogens is 1. The Morgan fingerprint density at radius 2 is 1.81 bits per heavy atom. The summed E-state index contributed by atoms with van der Waals surface area (Å²) in [6.45, 7) is 0.178. The molecule has 0 aliphatic rings. The number of carboxylic acid groups (broad SMARTS) is 1. The van der Waals surface area contributed by atoms with E-state index in [0.717, 1.165) is 22.8 Å². The van der Waals surface area contributed by atoms with E-state index in [1.54, 1.807) is 24.3 Å². The quantitative estimate of drug-likeness (QED) is 0.525. The summed E-state index contributed by atoms with van der Waals surface area (Å²) in [6, 6.07) is 16.5. The maximum absolute atomic E-state index is 12.3. The Hall–Kier alpha value is -3.67. The Kier molecular flexibility index (Phi) is 5.24. The Labute approximate surface area is 149 Å². The molecule has 6 nitrogen and oxygen atoms in total. The Morgan fingerprint density at radius 3 is 2.50 bits per heavy atom. The van der Waals surface area contributed by atoms with E-state index in [0.29, 0.717) is 5.69 Å². The van der Waals surface area contributed by atoms with E-state index in [9.17, 15) is 9.59 Å². The molecule has 0 spiro atoms. The van der Waals surface area contributed by atoms with Gasteiger partial charge in [-0.15, -0.1) is 0 Å². The maximum Gasteiger partial charge on any atom is 0.357 e. The average molecular weight is 348 g/mol. The van der Waals surface area contributed by atoms with E-state index < -0.39 is 11.9 Å². The number of esters is 1. The summed E-state index contributed by atoms with van der Waals surface area (Å²) in [5.41, 5.74) is 3.12. The zero-order chi connectivity index (χ0) is 18.4. The van der Waals surface area contributed by atoms with Crippen LogP contribution in [0.4, 0.5) is 0 Å². The number of nitrogens with zero attached hydrogens (tertiary/aromatic N) is 1. The molecule has 0 saturated carbocycles. The molecule has 6 heteroatoms. The van der Waals surface area contributed by atoms with Crippen molar-refractivity contribution in [2.75, 3.05) is 0 Å². The third kappa shape index (κ3) is 4.24. The van der Waals surface area contributed by atoms with Crippen molar-refractivity contribution in [1.29, 1.82) is 0 Å². The second-order valence-corrected chi connectivity index (χ2v) is 5.48. The van der Waals surface area contributed by atoms with Crippen LogP contribution in [0.5, 0.6) is 0 Å². The normalized spacial score (nSPS) is 10.8. The summed E-state index contributed by atoms with van der Waals surface area (Å²) < 4.78 is 5.34. The SMILES string of the molecule is O=C(O)/C=C/c1ccc(-c2nc[nH]c2C(=O)OCc2ccccc2)cc1. The van der Waals surface area contributed by atoms with Crippen LogP contribution in [-0.2, 0) is 16.1 Å². The van der Waals surface area contributed by atoms with Crippen LogP contribution in [0.3, 0.4) is 0 Å². The minimum atomic E-state index is -1.01. The first-order valence-electron chi connectivity index (χ1n) is 7.89. The first-order chi connectivity index (χ1) is 12.6. The molecule has 0 unspecified atom stereocenters. The molecule has 0 aliphatic heterocycles. The Morgan fingerprint density at radius 1 is 1.08 bits per heavy atom. The highest BCUT2D eigenvalue weighted by molar-refractivity contribution is 5.94. The number of benzene rings is 2. The van der Waals surface area contributed by atoms with Gasteiger partial charge in [0.1, 0.15) is 12.3 Å². The molecule has 3 aromatic rings. The highest BCUT2D eigenvalue weighted by atomic mass is 16.5. The van der Waals surface area contributed by atoms with Gasteiger partial charge < -0.3 is 14.8 Å². The monoisotopic (exact) mass is 348 g/mol. The summed E-state index contributed by atoms with van der Waals surface area (Å²) in [5.74, 6) is -1.50. The zero-order valence-electron chi connectivity index (χ0n) is 13.8. The second-order valence-electron chi connectivity index (χ2n) is 5.48. The molecular formula is C20H16N2O4. The number of carbonyl (C=O) groups is 2. The molecule has 3 rings (SSSR count). The van der Waals surface area contributed by atoms with Gasteiger partial charge in [0.15, 0.2) is 5.69 Å². The maximum atomic E-state index is 12.3. The first-order valence-corrected chi connectivity index (χ1v) is 7.89. The molecule has 0 aliphatic carbocycles. The molecule has 0 atom stereocenters. The molecule has 1 heterocycles. The summed E-state index contributed by atoms with van der Waals surface area (Å²) in [7, 11) is 0. The average Bonchev–Trinajstić information content (AvgIpc) is 3.15. The fraction of sp³-hybridized carbons (Fsp3) is 0.0500. The molecule has 1 aromatic heterocycles. The minimum Gasteiger partial charge on any atom is -0.478 e. The molecule has 0 bridgehead atoms. The molecule has 2 N–H and O–H groups in total. The van der Waals surface area contributed by atoms with Crippen molar-refractivity contribution in [3.05, 3.63) is 83.8 Å². The van der Waals surface area contributed by atoms with Crippen molar-refractivity contribution in [3.8, 4) is 11.3 Å². The van der Waals surface area contributed by atoms with Gasteiger partial charge in [0, 0.05) is 11.6 Å². The van der Waals surface area contributed by atoms with Gasteiger partial charge in [0.05, 0.1) is 6.33 Å². The van der Waals surface area contributed by atoms with Gasteiger partial charge >= 0.3 is 11.9 Å². The van der Waals surface area contributed by atoms with Gasteiger partial charge in [-0.25, -0.2) is 14.6 Å². The van der Waals surface area contributed by atoms with Gasteiger partial charge in [-0.1, -0.05) is 54.6 Å². The first kappa shape index (κ1) is 17.2. The fourth-order valence-corrected chi connectivity index (χ4v) is 2.38. The van der Waals surface area contributed by atoms with Crippen molar-refractivity contribution in [1.82, 2.24) is 9.97 Å². The van der Waals surface area contributed by atoms with Crippen molar-refractivity contribution >= 4 is 18.0 Å². The predicted octanol–water partition coefficient (Wildman–Crippen LogP) is 3.53.